The van der Waals surface area contributed by atoms with Gasteiger partial charge in [-0.25, -0.2) is 8.78 Å². The zero-order valence-corrected chi connectivity index (χ0v) is 10.1. The van der Waals surface area contributed by atoms with Crippen molar-refractivity contribution < 1.29 is 23.4 Å². The third-order valence-electron chi connectivity index (χ3n) is 2.18. The fourth-order valence-corrected chi connectivity index (χ4v) is 1.27. The van der Waals surface area contributed by atoms with Crippen LogP contribution in [0.15, 0.2) is 0 Å². The fraction of sp³-hybridized carbons (Fsp3) is 0.909. The summed E-state index contributed by atoms with van der Waals surface area (Å²) in [5.41, 5.74) is 0. The molecule has 0 bridgehead atoms. The van der Waals surface area contributed by atoms with E-state index in [4.69, 9.17) is 9.84 Å². The number of aliphatic hydroxyl groups excluding tert-OH is 1. The van der Waals surface area contributed by atoms with Gasteiger partial charge in [-0.15, -0.1) is 0 Å². The summed E-state index contributed by atoms with van der Waals surface area (Å²) in [4.78, 5) is 10.9. The Hall–Kier alpha value is -0.750. The normalized spacial score (nSPS) is 12.8. The molecule has 0 aliphatic carbocycles. The summed E-state index contributed by atoms with van der Waals surface area (Å²) >= 11 is 0. The highest BCUT2D eigenvalue weighted by molar-refractivity contribution is 5.69. The number of alkyl halides is 2. The standard InChI is InChI=1S/C11H21F2NO3/c1-2-17-10(16)6-4-3-5-7-14-8-9(15)11(12)13/h9,11,14-15H,2-8H2,1H3. The molecule has 0 aliphatic rings. The predicted octanol–water partition coefficient (Wildman–Crippen LogP) is 1.33. The number of hydrogen-bond donors (Lipinski definition) is 2. The van der Waals surface area contributed by atoms with Crippen molar-refractivity contribution in [3.8, 4) is 0 Å². The maximum atomic E-state index is 11.9. The number of nitrogens with one attached hydrogen (secondary N) is 1. The number of halogens is 2. The number of ether oxygens (including phenoxy) is 1. The lowest BCUT2D eigenvalue weighted by Gasteiger charge is -2.10. The Morgan fingerprint density at radius 3 is 2.65 bits per heavy atom. The first-order valence-electron chi connectivity index (χ1n) is 5.90. The van der Waals surface area contributed by atoms with E-state index in [9.17, 15) is 13.6 Å². The molecule has 0 aliphatic heterocycles. The fourth-order valence-electron chi connectivity index (χ4n) is 1.27. The third kappa shape index (κ3) is 10.1. The highest BCUT2D eigenvalue weighted by atomic mass is 19.3. The second-order valence-corrected chi connectivity index (χ2v) is 3.72. The van der Waals surface area contributed by atoms with Crippen LogP contribution in [-0.4, -0.2) is 43.3 Å². The van der Waals surface area contributed by atoms with Gasteiger partial charge >= 0.3 is 5.97 Å². The summed E-state index contributed by atoms with van der Waals surface area (Å²) in [5, 5.41) is 11.5. The lowest BCUT2D eigenvalue weighted by Crippen LogP contribution is -2.32. The van der Waals surface area contributed by atoms with Crippen LogP contribution in [0.1, 0.15) is 32.6 Å². The van der Waals surface area contributed by atoms with Crippen LogP contribution in [0.5, 0.6) is 0 Å². The first-order valence-corrected chi connectivity index (χ1v) is 5.90. The van der Waals surface area contributed by atoms with E-state index in [0.29, 0.717) is 19.6 Å². The average Bonchev–Trinajstić information content (AvgIpc) is 2.27. The van der Waals surface area contributed by atoms with Crippen molar-refractivity contribution in [2.75, 3.05) is 19.7 Å². The molecule has 1 atom stereocenters. The van der Waals surface area contributed by atoms with Crippen molar-refractivity contribution in [1.82, 2.24) is 5.32 Å². The van der Waals surface area contributed by atoms with Crippen LogP contribution in [0, 0.1) is 0 Å². The number of carbonyl (C=O) groups excluding carboxylic acids is 1. The van der Waals surface area contributed by atoms with Gasteiger partial charge in [0.2, 0.25) is 0 Å². The Morgan fingerprint density at radius 1 is 1.35 bits per heavy atom. The molecule has 0 heterocycles. The van der Waals surface area contributed by atoms with Crippen LogP contribution in [0.4, 0.5) is 8.78 Å². The molecule has 0 rings (SSSR count). The van der Waals surface area contributed by atoms with Crippen molar-refractivity contribution in [1.29, 1.82) is 0 Å². The summed E-state index contributed by atoms with van der Waals surface area (Å²) in [6.45, 7) is 2.62. The molecule has 2 N–H and O–H groups in total. The van der Waals surface area contributed by atoms with Gasteiger partial charge in [0.05, 0.1) is 6.61 Å². The van der Waals surface area contributed by atoms with Gasteiger partial charge in [-0.1, -0.05) is 6.42 Å². The van der Waals surface area contributed by atoms with E-state index in [0.717, 1.165) is 19.3 Å². The monoisotopic (exact) mass is 253 g/mol. The van der Waals surface area contributed by atoms with Crippen LogP contribution in [-0.2, 0) is 9.53 Å². The minimum atomic E-state index is -2.70. The second-order valence-electron chi connectivity index (χ2n) is 3.72. The van der Waals surface area contributed by atoms with Crippen molar-refractivity contribution >= 4 is 5.97 Å². The van der Waals surface area contributed by atoms with Gasteiger partial charge in [0.25, 0.3) is 6.43 Å². The number of unbranched alkanes of at least 4 members (excludes halogenated alkanes) is 2. The van der Waals surface area contributed by atoms with Gasteiger partial charge in [-0.3, -0.25) is 4.79 Å². The van der Waals surface area contributed by atoms with Crippen LogP contribution in [0.2, 0.25) is 0 Å². The van der Waals surface area contributed by atoms with Crippen LogP contribution in [0.3, 0.4) is 0 Å². The Bertz CT molecular complexity index is 203. The second kappa shape index (κ2) is 10.4. The van der Waals surface area contributed by atoms with Gasteiger partial charge in [-0.05, 0) is 26.3 Å². The molecule has 102 valence electrons. The van der Waals surface area contributed by atoms with Gasteiger partial charge in [0.1, 0.15) is 6.10 Å². The van der Waals surface area contributed by atoms with Gasteiger partial charge in [-0.2, -0.15) is 0 Å². The quantitative estimate of drug-likeness (QED) is 0.455. The molecule has 4 nitrogen and oxygen atoms in total. The molecule has 0 saturated heterocycles. The molecule has 17 heavy (non-hydrogen) atoms. The zero-order chi connectivity index (χ0) is 13.1. The topological polar surface area (TPSA) is 58.6 Å². The predicted molar refractivity (Wildman–Crippen MR) is 60.0 cm³/mol. The minimum Gasteiger partial charge on any atom is -0.466 e. The summed E-state index contributed by atoms with van der Waals surface area (Å²) < 4.78 is 28.5. The molecule has 0 saturated carbocycles. The number of hydrogen-bond acceptors (Lipinski definition) is 4. The molecule has 0 spiro atoms. The molecule has 0 aromatic carbocycles. The molecule has 0 aromatic rings. The highest BCUT2D eigenvalue weighted by Crippen LogP contribution is 2.01. The van der Waals surface area contributed by atoms with Gasteiger partial charge in [0.15, 0.2) is 0 Å². The van der Waals surface area contributed by atoms with E-state index in [1.807, 2.05) is 0 Å². The molecule has 1 unspecified atom stereocenters. The largest absolute Gasteiger partial charge is 0.466 e. The summed E-state index contributed by atoms with van der Waals surface area (Å²) in [7, 11) is 0. The molecule has 6 heteroatoms. The molecule has 0 amide bonds. The van der Waals surface area contributed by atoms with Crippen molar-refractivity contribution in [3.63, 3.8) is 0 Å². The Balaban J connectivity index is 3.21. The summed E-state index contributed by atoms with van der Waals surface area (Å²) in [6.07, 6.45) is -1.56. The smallest absolute Gasteiger partial charge is 0.305 e. The lowest BCUT2D eigenvalue weighted by molar-refractivity contribution is -0.143. The lowest BCUT2D eigenvalue weighted by atomic mass is 10.2. The van der Waals surface area contributed by atoms with Gasteiger partial charge < -0.3 is 15.2 Å². The van der Waals surface area contributed by atoms with E-state index in [-0.39, 0.29) is 12.5 Å². The summed E-state index contributed by atoms with van der Waals surface area (Å²) in [6, 6.07) is 0. The first-order chi connectivity index (χ1) is 8.07. The third-order valence-corrected chi connectivity index (χ3v) is 2.18. The SMILES string of the molecule is CCOC(=O)CCCCCNCC(O)C(F)F. The first kappa shape index (κ1) is 16.2. The number of rotatable bonds is 10. The number of aliphatic hydroxyl groups is 1. The van der Waals surface area contributed by atoms with Gasteiger partial charge in [0, 0.05) is 13.0 Å². The van der Waals surface area contributed by atoms with E-state index >= 15 is 0 Å². The Labute approximate surface area is 100 Å². The Kier molecular flexibility index (Phi) is 9.95. The van der Waals surface area contributed by atoms with E-state index in [1.54, 1.807) is 6.92 Å². The van der Waals surface area contributed by atoms with E-state index < -0.39 is 12.5 Å². The molecule has 0 radical (unpaired) electrons. The maximum Gasteiger partial charge on any atom is 0.305 e. The van der Waals surface area contributed by atoms with Crippen LogP contribution < -0.4 is 5.32 Å². The number of esters is 1. The number of carbonyl (C=O) groups is 1. The highest BCUT2D eigenvalue weighted by Gasteiger charge is 2.15. The van der Waals surface area contributed by atoms with E-state index in [2.05, 4.69) is 5.32 Å². The molecule has 0 fully saturated rings. The van der Waals surface area contributed by atoms with Crippen molar-refractivity contribution in [2.45, 2.75) is 45.1 Å². The van der Waals surface area contributed by atoms with Crippen LogP contribution in [0.25, 0.3) is 0 Å². The van der Waals surface area contributed by atoms with Crippen molar-refractivity contribution in [2.24, 2.45) is 0 Å². The van der Waals surface area contributed by atoms with E-state index in [1.165, 1.54) is 0 Å². The summed E-state index contributed by atoms with van der Waals surface area (Å²) in [5.74, 6) is -0.200. The zero-order valence-electron chi connectivity index (χ0n) is 10.1. The average molecular weight is 253 g/mol. The minimum absolute atomic E-state index is 0.102. The van der Waals surface area contributed by atoms with Crippen LogP contribution >= 0.6 is 0 Å². The molecule has 0 aromatic heterocycles. The van der Waals surface area contributed by atoms with Crippen molar-refractivity contribution in [3.05, 3.63) is 0 Å². The Morgan fingerprint density at radius 2 is 2.06 bits per heavy atom. The molecular weight excluding hydrogens is 232 g/mol. The molecular formula is C11H21F2NO3. The maximum absolute atomic E-state index is 11.9.